The van der Waals surface area contributed by atoms with Gasteiger partial charge in [0.25, 0.3) is 0 Å². The number of aliphatic imine (C=N–C) groups is 1. The number of rotatable bonds is 2. The van der Waals surface area contributed by atoms with Gasteiger partial charge in [0, 0.05) is 6.54 Å². The van der Waals surface area contributed by atoms with Gasteiger partial charge in [-0.25, -0.2) is 4.99 Å². The first-order chi connectivity index (χ1) is 6.81. The summed E-state index contributed by atoms with van der Waals surface area (Å²) in [5.41, 5.74) is 8.02. The van der Waals surface area contributed by atoms with Gasteiger partial charge < -0.3 is 16.0 Å². The van der Waals surface area contributed by atoms with E-state index in [-0.39, 0.29) is 0 Å². The van der Waals surface area contributed by atoms with Crippen LogP contribution in [0.5, 0.6) is 0 Å². The number of hydrogen-bond acceptors (Lipinski definition) is 4. The van der Waals surface area contributed by atoms with Crippen LogP contribution in [0.15, 0.2) is 29.3 Å². The predicted octanol–water partition coefficient (Wildman–Crippen LogP) is 0.625. The van der Waals surface area contributed by atoms with Crippen LogP contribution in [0.25, 0.3) is 0 Å². The molecular formula is C10H14N4. The van der Waals surface area contributed by atoms with E-state index in [2.05, 4.69) is 16.4 Å². The molecule has 0 unspecified atom stereocenters. The second-order valence-electron chi connectivity index (χ2n) is 3.31. The number of fused-ring (bicyclic) bond motifs is 1. The van der Waals surface area contributed by atoms with Gasteiger partial charge in [-0.1, -0.05) is 18.2 Å². The van der Waals surface area contributed by atoms with E-state index in [9.17, 15) is 0 Å². The molecule has 0 radical (unpaired) electrons. The molecule has 0 atom stereocenters. The monoisotopic (exact) mass is 190 g/mol. The minimum Gasteiger partial charge on any atom is -0.369 e. The van der Waals surface area contributed by atoms with Crippen molar-refractivity contribution in [2.75, 3.05) is 13.7 Å². The Hall–Kier alpha value is -1.55. The highest BCUT2D eigenvalue weighted by Crippen LogP contribution is 2.23. The van der Waals surface area contributed by atoms with E-state index >= 15 is 0 Å². The largest absolute Gasteiger partial charge is 0.369 e. The highest BCUT2D eigenvalue weighted by molar-refractivity contribution is 5.83. The first kappa shape index (κ1) is 9.02. The summed E-state index contributed by atoms with van der Waals surface area (Å²) in [5, 5.41) is 3.06. The third-order valence-corrected chi connectivity index (χ3v) is 2.26. The average molecular weight is 190 g/mol. The highest BCUT2D eigenvalue weighted by Gasteiger charge is 2.15. The van der Waals surface area contributed by atoms with Gasteiger partial charge in [0.1, 0.15) is 0 Å². The Morgan fingerprint density at radius 2 is 2.29 bits per heavy atom. The van der Waals surface area contributed by atoms with Crippen molar-refractivity contribution < 1.29 is 0 Å². The number of guanidine groups is 1. The molecule has 74 valence electrons. The molecule has 1 aromatic rings. The van der Waals surface area contributed by atoms with Gasteiger partial charge in [0.15, 0.2) is 5.96 Å². The number of nitrogens with one attached hydrogen (secondary N) is 1. The molecule has 1 aliphatic rings. The standard InChI is InChI=1S/C10H14N4/c1-12-7-14-6-8-4-2-3-5-9(8)13-10(14)11/h2-5,12H,6-7H2,1H3,(H2,11,13). The maximum atomic E-state index is 5.82. The van der Waals surface area contributed by atoms with E-state index in [1.54, 1.807) is 0 Å². The van der Waals surface area contributed by atoms with Crippen molar-refractivity contribution in [2.24, 2.45) is 10.7 Å². The molecule has 1 aromatic carbocycles. The van der Waals surface area contributed by atoms with Crippen molar-refractivity contribution in [2.45, 2.75) is 6.54 Å². The molecule has 0 saturated heterocycles. The number of nitrogens with zero attached hydrogens (tertiary/aromatic N) is 2. The molecule has 0 fully saturated rings. The Labute approximate surface area is 83.4 Å². The van der Waals surface area contributed by atoms with Crippen LogP contribution in [0.3, 0.4) is 0 Å². The van der Waals surface area contributed by atoms with Crippen molar-refractivity contribution >= 4 is 11.6 Å². The molecular weight excluding hydrogens is 176 g/mol. The minimum absolute atomic E-state index is 0.582. The Kier molecular flexibility index (Phi) is 2.37. The van der Waals surface area contributed by atoms with E-state index in [4.69, 9.17) is 5.73 Å². The van der Waals surface area contributed by atoms with Crippen molar-refractivity contribution in [3.63, 3.8) is 0 Å². The number of hydrogen-bond donors (Lipinski definition) is 2. The summed E-state index contributed by atoms with van der Waals surface area (Å²) in [6.07, 6.45) is 0. The summed E-state index contributed by atoms with van der Waals surface area (Å²) < 4.78 is 0. The average Bonchev–Trinajstić information content (AvgIpc) is 2.19. The zero-order valence-electron chi connectivity index (χ0n) is 8.20. The molecule has 2 rings (SSSR count). The molecule has 4 nitrogen and oxygen atoms in total. The van der Waals surface area contributed by atoms with Crippen molar-refractivity contribution in [1.29, 1.82) is 0 Å². The molecule has 14 heavy (non-hydrogen) atoms. The second kappa shape index (κ2) is 3.67. The van der Waals surface area contributed by atoms with Crippen molar-refractivity contribution in [3.05, 3.63) is 29.8 Å². The van der Waals surface area contributed by atoms with Crippen LogP contribution in [0.1, 0.15) is 5.56 Å². The third-order valence-electron chi connectivity index (χ3n) is 2.26. The van der Waals surface area contributed by atoms with Crippen LogP contribution in [0.2, 0.25) is 0 Å². The van der Waals surface area contributed by atoms with Gasteiger partial charge in [-0.05, 0) is 18.7 Å². The number of nitrogens with two attached hydrogens (primary N) is 1. The molecule has 0 aromatic heterocycles. The lowest BCUT2D eigenvalue weighted by Crippen LogP contribution is -2.43. The fourth-order valence-electron chi connectivity index (χ4n) is 1.56. The summed E-state index contributed by atoms with van der Waals surface area (Å²) in [6, 6.07) is 8.06. The fourth-order valence-corrected chi connectivity index (χ4v) is 1.56. The molecule has 1 aliphatic heterocycles. The summed E-state index contributed by atoms with van der Waals surface area (Å²) in [6.45, 7) is 1.55. The second-order valence-corrected chi connectivity index (χ2v) is 3.31. The fraction of sp³-hybridized carbons (Fsp3) is 0.300. The van der Waals surface area contributed by atoms with E-state index in [1.807, 2.05) is 30.1 Å². The topological polar surface area (TPSA) is 53.6 Å². The lowest BCUT2D eigenvalue weighted by molar-refractivity contribution is 0.381. The zero-order valence-corrected chi connectivity index (χ0v) is 8.20. The lowest BCUT2D eigenvalue weighted by Gasteiger charge is -2.27. The maximum absolute atomic E-state index is 5.82. The quantitative estimate of drug-likeness (QED) is 0.719. The highest BCUT2D eigenvalue weighted by atomic mass is 15.3. The van der Waals surface area contributed by atoms with E-state index in [1.165, 1.54) is 5.56 Å². The van der Waals surface area contributed by atoms with Crippen LogP contribution < -0.4 is 11.1 Å². The maximum Gasteiger partial charge on any atom is 0.197 e. The first-order valence-electron chi connectivity index (χ1n) is 4.63. The van der Waals surface area contributed by atoms with Crippen molar-refractivity contribution in [1.82, 2.24) is 10.2 Å². The SMILES string of the molecule is CNCN1Cc2ccccc2N=C1N. The summed E-state index contributed by atoms with van der Waals surface area (Å²) >= 11 is 0. The smallest absolute Gasteiger partial charge is 0.197 e. The van der Waals surface area contributed by atoms with E-state index in [0.717, 1.165) is 18.9 Å². The predicted molar refractivity (Wildman–Crippen MR) is 57.2 cm³/mol. The molecule has 0 spiro atoms. The molecule has 0 aliphatic carbocycles. The number of para-hydroxylation sites is 1. The van der Waals surface area contributed by atoms with Gasteiger partial charge in [0.05, 0.1) is 12.4 Å². The van der Waals surface area contributed by atoms with Gasteiger partial charge in [-0.2, -0.15) is 0 Å². The molecule has 1 heterocycles. The Balaban J connectivity index is 2.29. The first-order valence-corrected chi connectivity index (χ1v) is 4.63. The third kappa shape index (κ3) is 1.56. The minimum atomic E-state index is 0.582. The summed E-state index contributed by atoms with van der Waals surface area (Å²) in [5.74, 6) is 0.582. The molecule has 4 heteroatoms. The van der Waals surface area contributed by atoms with Crippen LogP contribution in [-0.2, 0) is 6.54 Å². The summed E-state index contributed by atoms with van der Waals surface area (Å²) in [7, 11) is 1.90. The molecule has 0 bridgehead atoms. The van der Waals surface area contributed by atoms with Crippen molar-refractivity contribution in [3.8, 4) is 0 Å². The Bertz CT molecular complexity index is 359. The van der Waals surface area contributed by atoms with Crippen LogP contribution in [0, 0.1) is 0 Å². The van der Waals surface area contributed by atoms with E-state index in [0.29, 0.717) is 5.96 Å². The van der Waals surface area contributed by atoms with Crippen LogP contribution >= 0.6 is 0 Å². The van der Waals surface area contributed by atoms with Gasteiger partial charge in [-0.3, -0.25) is 0 Å². The van der Waals surface area contributed by atoms with E-state index < -0.39 is 0 Å². The van der Waals surface area contributed by atoms with Gasteiger partial charge in [0.2, 0.25) is 0 Å². The molecule has 0 saturated carbocycles. The molecule has 0 amide bonds. The van der Waals surface area contributed by atoms with Gasteiger partial charge >= 0.3 is 0 Å². The summed E-state index contributed by atoms with van der Waals surface area (Å²) in [4.78, 5) is 6.33. The normalized spacial score (nSPS) is 14.9. The molecule has 3 N–H and O–H groups in total. The van der Waals surface area contributed by atoms with Crippen LogP contribution in [-0.4, -0.2) is 24.6 Å². The Morgan fingerprint density at radius 3 is 3.07 bits per heavy atom. The number of benzene rings is 1. The van der Waals surface area contributed by atoms with Gasteiger partial charge in [-0.15, -0.1) is 0 Å². The Morgan fingerprint density at radius 1 is 1.50 bits per heavy atom. The zero-order chi connectivity index (χ0) is 9.97. The lowest BCUT2D eigenvalue weighted by atomic mass is 10.1. The van der Waals surface area contributed by atoms with Crippen LogP contribution in [0.4, 0.5) is 5.69 Å².